The van der Waals surface area contributed by atoms with Crippen molar-refractivity contribution >= 4 is 30.0 Å². The average Bonchev–Trinajstić information content (AvgIpc) is 2.68. The number of hydrogen-bond acceptors (Lipinski definition) is 1. The van der Waals surface area contributed by atoms with Crippen LogP contribution in [0.3, 0.4) is 0 Å². The van der Waals surface area contributed by atoms with E-state index in [2.05, 4.69) is 105 Å². The second-order valence-corrected chi connectivity index (χ2v) is 8.97. The van der Waals surface area contributed by atoms with Gasteiger partial charge in [0.1, 0.15) is 0 Å². The lowest BCUT2D eigenvalue weighted by molar-refractivity contribution is 0.598. The summed E-state index contributed by atoms with van der Waals surface area (Å²) in [5, 5.41) is 4.11. The van der Waals surface area contributed by atoms with Gasteiger partial charge in [-0.1, -0.05) is 98.8 Å². The van der Waals surface area contributed by atoms with Crippen molar-refractivity contribution in [3.05, 3.63) is 90.5 Å². The Kier molecular flexibility index (Phi) is 6.75. The van der Waals surface area contributed by atoms with Gasteiger partial charge in [-0.25, -0.2) is 0 Å². The lowest BCUT2D eigenvalue weighted by Crippen LogP contribution is -2.23. The molecule has 2 heteroatoms. The number of benzene rings is 3. The summed E-state index contributed by atoms with van der Waals surface area (Å²) in [7, 11) is -0.591. The molecule has 0 bridgehead atoms. The van der Waals surface area contributed by atoms with Crippen molar-refractivity contribution in [1.29, 1.82) is 0 Å². The van der Waals surface area contributed by atoms with E-state index in [0.29, 0.717) is 5.92 Å². The van der Waals surface area contributed by atoms with E-state index in [1.165, 1.54) is 21.5 Å². The SMILES string of the molecule is CC(C)CCN=Cc1ccccc1P(c1ccccc1)c1ccccc1. The van der Waals surface area contributed by atoms with E-state index in [1.54, 1.807) is 0 Å². The molecule has 0 unspecified atom stereocenters. The van der Waals surface area contributed by atoms with Gasteiger partial charge in [0.05, 0.1) is 0 Å². The van der Waals surface area contributed by atoms with Crippen LogP contribution in [-0.2, 0) is 0 Å². The van der Waals surface area contributed by atoms with Gasteiger partial charge in [0.15, 0.2) is 0 Å². The summed E-state index contributed by atoms with van der Waals surface area (Å²) < 4.78 is 0. The van der Waals surface area contributed by atoms with Gasteiger partial charge in [-0.2, -0.15) is 0 Å². The molecule has 0 fully saturated rings. The normalized spacial score (nSPS) is 11.5. The van der Waals surface area contributed by atoms with E-state index >= 15 is 0 Å². The Hall–Kier alpha value is -2.24. The molecule has 1 nitrogen and oxygen atoms in total. The standard InChI is InChI=1S/C24H26NP/c1-20(2)17-18-25-19-21-11-9-10-16-24(21)26(22-12-5-3-6-13-22)23-14-7-4-8-15-23/h3-16,19-20H,17-18H2,1-2H3. The maximum Gasteiger partial charge on any atom is 0.0391 e. The van der Waals surface area contributed by atoms with Crippen LogP contribution in [0.1, 0.15) is 25.8 Å². The van der Waals surface area contributed by atoms with E-state index in [4.69, 9.17) is 4.99 Å². The minimum absolute atomic E-state index is 0.591. The molecule has 26 heavy (non-hydrogen) atoms. The summed E-state index contributed by atoms with van der Waals surface area (Å²) in [6.45, 7) is 5.38. The molecule has 0 spiro atoms. The largest absolute Gasteiger partial charge is 0.293 e. The molecule has 3 aromatic rings. The monoisotopic (exact) mass is 359 g/mol. The van der Waals surface area contributed by atoms with Gasteiger partial charge in [-0.3, -0.25) is 4.99 Å². The summed E-state index contributed by atoms with van der Waals surface area (Å²) in [4.78, 5) is 4.70. The number of aliphatic imine (C=N–C) groups is 1. The second-order valence-electron chi connectivity index (χ2n) is 6.78. The predicted molar refractivity (Wildman–Crippen MR) is 117 cm³/mol. The van der Waals surface area contributed by atoms with Gasteiger partial charge < -0.3 is 0 Å². The first-order chi connectivity index (χ1) is 12.8. The zero-order valence-electron chi connectivity index (χ0n) is 15.5. The molecular formula is C24H26NP. The third kappa shape index (κ3) is 4.90. The summed E-state index contributed by atoms with van der Waals surface area (Å²) in [6, 6.07) is 30.4. The summed E-state index contributed by atoms with van der Waals surface area (Å²) in [6.07, 6.45) is 3.20. The van der Waals surface area contributed by atoms with Crippen molar-refractivity contribution in [3.8, 4) is 0 Å². The first kappa shape index (κ1) is 18.5. The van der Waals surface area contributed by atoms with E-state index in [-0.39, 0.29) is 0 Å². The molecule has 0 aromatic heterocycles. The van der Waals surface area contributed by atoms with Gasteiger partial charge in [0.25, 0.3) is 0 Å². The zero-order valence-corrected chi connectivity index (χ0v) is 16.4. The molecule has 0 saturated carbocycles. The molecule has 0 saturated heterocycles. The highest BCUT2D eigenvalue weighted by Gasteiger charge is 2.18. The Morgan fingerprint density at radius 3 is 1.88 bits per heavy atom. The molecule has 132 valence electrons. The zero-order chi connectivity index (χ0) is 18.2. The molecule has 0 heterocycles. The molecule has 0 N–H and O–H groups in total. The lowest BCUT2D eigenvalue weighted by Gasteiger charge is -2.21. The van der Waals surface area contributed by atoms with Crippen molar-refractivity contribution in [2.24, 2.45) is 10.9 Å². The van der Waals surface area contributed by atoms with Crippen molar-refractivity contribution in [2.75, 3.05) is 6.54 Å². The second kappa shape index (κ2) is 9.46. The minimum Gasteiger partial charge on any atom is -0.293 e. The predicted octanol–water partition coefficient (Wildman–Crippen LogP) is 4.91. The van der Waals surface area contributed by atoms with Crippen molar-refractivity contribution in [2.45, 2.75) is 20.3 Å². The highest BCUT2D eigenvalue weighted by atomic mass is 31.1. The first-order valence-corrected chi connectivity index (χ1v) is 10.6. The number of nitrogens with zero attached hydrogens (tertiary/aromatic N) is 1. The summed E-state index contributed by atoms with van der Waals surface area (Å²) in [5.41, 5.74) is 1.23. The Morgan fingerprint density at radius 1 is 0.769 bits per heavy atom. The molecule has 0 aliphatic rings. The van der Waals surface area contributed by atoms with Gasteiger partial charge in [0, 0.05) is 18.3 Å². The van der Waals surface area contributed by atoms with E-state index in [9.17, 15) is 0 Å². The van der Waals surface area contributed by atoms with Crippen LogP contribution in [0.15, 0.2) is 89.9 Å². The van der Waals surface area contributed by atoms with Crippen molar-refractivity contribution in [3.63, 3.8) is 0 Å². The molecular weight excluding hydrogens is 333 g/mol. The van der Waals surface area contributed by atoms with Crippen LogP contribution in [0.2, 0.25) is 0 Å². The van der Waals surface area contributed by atoms with Crippen LogP contribution in [-0.4, -0.2) is 12.8 Å². The maximum absolute atomic E-state index is 4.70. The highest BCUT2D eigenvalue weighted by molar-refractivity contribution is 7.80. The van der Waals surface area contributed by atoms with E-state index < -0.39 is 7.92 Å². The fourth-order valence-electron chi connectivity index (χ4n) is 2.88. The highest BCUT2D eigenvalue weighted by Crippen LogP contribution is 2.33. The fraction of sp³-hybridized carbons (Fsp3) is 0.208. The number of hydrogen-bond donors (Lipinski definition) is 0. The summed E-state index contributed by atoms with van der Waals surface area (Å²) in [5.74, 6) is 0.688. The smallest absolute Gasteiger partial charge is 0.0391 e. The molecule has 0 atom stereocenters. The third-order valence-corrected chi connectivity index (χ3v) is 6.79. The molecule has 0 aliphatic carbocycles. The van der Waals surface area contributed by atoms with Gasteiger partial charge >= 0.3 is 0 Å². The molecule has 0 aliphatic heterocycles. The van der Waals surface area contributed by atoms with Crippen LogP contribution in [0, 0.1) is 5.92 Å². The van der Waals surface area contributed by atoms with Crippen molar-refractivity contribution < 1.29 is 0 Å². The van der Waals surface area contributed by atoms with Crippen LogP contribution in [0.25, 0.3) is 0 Å². The molecule has 0 radical (unpaired) electrons. The van der Waals surface area contributed by atoms with E-state index in [0.717, 1.165) is 13.0 Å². The van der Waals surface area contributed by atoms with Gasteiger partial charge in [-0.15, -0.1) is 0 Å². The van der Waals surface area contributed by atoms with Crippen molar-refractivity contribution in [1.82, 2.24) is 0 Å². The van der Waals surface area contributed by atoms with Crippen LogP contribution in [0.4, 0.5) is 0 Å². The quantitative estimate of drug-likeness (QED) is 0.420. The van der Waals surface area contributed by atoms with Crippen LogP contribution < -0.4 is 15.9 Å². The Morgan fingerprint density at radius 2 is 1.31 bits per heavy atom. The fourth-order valence-corrected chi connectivity index (χ4v) is 5.30. The van der Waals surface area contributed by atoms with Gasteiger partial charge in [-0.05, 0) is 36.2 Å². The lowest BCUT2D eigenvalue weighted by atomic mass is 10.1. The molecule has 3 rings (SSSR count). The molecule has 0 amide bonds. The van der Waals surface area contributed by atoms with Gasteiger partial charge in [0.2, 0.25) is 0 Å². The Bertz CT molecular complexity index is 786. The molecule has 3 aromatic carbocycles. The average molecular weight is 359 g/mol. The van der Waals surface area contributed by atoms with Crippen LogP contribution >= 0.6 is 7.92 Å². The first-order valence-electron chi connectivity index (χ1n) is 9.25. The maximum atomic E-state index is 4.70. The van der Waals surface area contributed by atoms with Crippen LogP contribution in [0.5, 0.6) is 0 Å². The minimum atomic E-state index is -0.591. The Labute approximate surface area is 158 Å². The summed E-state index contributed by atoms with van der Waals surface area (Å²) >= 11 is 0. The number of rotatable bonds is 7. The third-order valence-electron chi connectivity index (χ3n) is 4.27. The Balaban J connectivity index is 2.00. The van der Waals surface area contributed by atoms with E-state index in [1.807, 2.05) is 0 Å². The topological polar surface area (TPSA) is 12.4 Å².